The summed E-state index contributed by atoms with van der Waals surface area (Å²) in [5.41, 5.74) is 7.39. The van der Waals surface area contributed by atoms with Gasteiger partial charge >= 0.3 is 0 Å². The number of rotatable bonds is 5. The van der Waals surface area contributed by atoms with Crippen LogP contribution in [0.1, 0.15) is 60.1 Å². The third-order valence-corrected chi connectivity index (χ3v) is 5.36. The molecule has 1 atom stereocenters. The predicted octanol–water partition coefficient (Wildman–Crippen LogP) is 0.713. The van der Waals surface area contributed by atoms with Gasteiger partial charge in [0.15, 0.2) is 0 Å². The Morgan fingerprint density at radius 1 is 1.23 bits per heavy atom. The molecule has 0 saturated carbocycles. The molecule has 142 valence electrons. The maximum absolute atomic E-state index is 13.1. The lowest BCUT2D eigenvalue weighted by Gasteiger charge is -2.36. The summed E-state index contributed by atoms with van der Waals surface area (Å²) in [4.78, 5) is 41.9. The van der Waals surface area contributed by atoms with Crippen molar-refractivity contribution in [3.8, 4) is 0 Å². The summed E-state index contributed by atoms with van der Waals surface area (Å²) in [5.74, 6) is -0.325. The highest BCUT2D eigenvalue weighted by Crippen LogP contribution is 2.22. The molecule has 2 heterocycles. The van der Waals surface area contributed by atoms with E-state index in [2.05, 4.69) is 10.3 Å². The number of nitrogens with one attached hydrogen (secondary N) is 2. The molecule has 1 aromatic rings. The van der Waals surface area contributed by atoms with Gasteiger partial charge in [-0.1, -0.05) is 0 Å². The molecule has 1 fully saturated rings. The van der Waals surface area contributed by atoms with Crippen molar-refractivity contribution in [1.29, 1.82) is 0 Å². The Hall–Kier alpha value is -2.15. The zero-order valence-corrected chi connectivity index (χ0v) is 15.2. The van der Waals surface area contributed by atoms with Crippen LogP contribution in [0.25, 0.3) is 0 Å². The highest BCUT2D eigenvalue weighted by Gasteiger charge is 2.29. The highest BCUT2D eigenvalue weighted by atomic mass is 16.2. The van der Waals surface area contributed by atoms with Gasteiger partial charge in [-0.3, -0.25) is 14.4 Å². The first-order chi connectivity index (χ1) is 12.6. The summed E-state index contributed by atoms with van der Waals surface area (Å²) < 4.78 is 0. The van der Waals surface area contributed by atoms with Crippen LogP contribution in [-0.4, -0.2) is 47.4 Å². The third kappa shape index (κ3) is 4.15. The van der Waals surface area contributed by atoms with Gasteiger partial charge in [-0.15, -0.1) is 0 Å². The Labute approximate surface area is 153 Å². The van der Waals surface area contributed by atoms with Gasteiger partial charge in [0.25, 0.3) is 11.5 Å². The van der Waals surface area contributed by atoms with E-state index in [1.54, 1.807) is 11.0 Å². The van der Waals surface area contributed by atoms with Crippen molar-refractivity contribution in [2.75, 3.05) is 19.6 Å². The van der Waals surface area contributed by atoms with Crippen LogP contribution < -0.4 is 16.6 Å². The lowest BCUT2D eigenvalue weighted by molar-refractivity contribution is -0.121. The largest absolute Gasteiger partial charge is 0.354 e. The van der Waals surface area contributed by atoms with Gasteiger partial charge in [0.1, 0.15) is 5.56 Å². The van der Waals surface area contributed by atoms with Gasteiger partial charge in [0.2, 0.25) is 5.91 Å². The van der Waals surface area contributed by atoms with Crippen molar-refractivity contribution >= 4 is 11.8 Å². The first-order valence-electron chi connectivity index (χ1n) is 9.63. The van der Waals surface area contributed by atoms with E-state index < -0.39 is 0 Å². The Balaban J connectivity index is 1.76. The normalized spacial score (nSPS) is 19.7. The predicted molar refractivity (Wildman–Crippen MR) is 99.1 cm³/mol. The fraction of sp³-hybridized carbons (Fsp3) is 0.632. The van der Waals surface area contributed by atoms with Gasteiger partial charge in [0.05, 0.1) is 0 Å². The molecule has 0 bridgehead atoms. The zero-order chi connectivity index (χ0) is 18.5. The quantitative estimate of drug-likeness (QED) is 0.719. The summed E-state index contributed by atoms with van der Waals surface area (Å²) >= 11 is 0. The lowest BCUT2D eigenvalue weighted by Crippen LogP contribution is -2.50. The second-order valence-corrected chi connectivity index (χ2v) is 7.21. The second-order valence-electron chi connectivity index (χ2n) is 7.21. The number of aromatic nitrogens is 1. The van der Waals surface area contributed by atoms with E-state index in [4.69, 9.17) is 5.73 Å². The summed E-state index contributed by atoms with van der Waals surface area (Å²) in [6.07, 6.45) is 6.99. The number of aromatic amines is 1. The molecule has 1 aliphatic heterocycles. The maximum atomic E-state index is 13.1. The van der Waals surface area contributed by atoms with Gasteiger partial charge in [-0.05, 0) is 56.6 Å². The molecular weight excluding hydrogens is 332 g/mol. The molecule has 4 N–H and O–H groups in total. The summed E-state index contributed by atoms with van der Waals surface area (Å²) in [7, 11) is 0. The Kier molecular flexibility index (Phi) is 6.08. The summed E-state index contributed by atoms with van der Waals surface area (Å²) in [6.45, 7) is 1.34. The number of likely N-dealkylation sites (tertiary alicyclic amines) is 1. The van der Waals surface area contributed by atoms with Crippen LogP contribution in [0.15, 0.2) is 10.9 Å². The molecule has 7 nitrogen and oxygen atoms in total. The van der Waals surface area contributed by atoms with Gasteiger partial charge in [-0.2, -0.15) is 0 Å². The van der Waals surface area contributed by atoms with Crippen molar-refractivity contribution in [2.24, 2.45) is 5.73 Å². The molecule has 1 unspecified atom stereocenters. The molecule has 1 saturated heterocycles. The van der Waals surface area contributed by atoms with Crippen LogP contribution >= 0.6 is 0 Å². The number of carbonyl (C=O) groups excluding carboxylic acids is 2. The standard InChI is InChI=1S/C19H28N4O3/c20-9-8-17(24)21-12-14-6-3-4-10-23(14)19(26)15-11-13-5-1-2-7-16(13)22-18(15)25/h11,14H,1-10,12,20H2,(H,21,24)(H,22,25). The number of carbonyl (C=O) groups is 2. The molecule has 3 rings (SSSR count). The number of nitrogens with zero attached hydrogens (tertiary/aromatic N) is 1. The van der Waals surface area contributed by atoms with E-state index in [0.29, 0.717) is 19.6 Å². The minimum Gasteiger partial charge on any atom is -0.354 e. The maximum Gasteiger partial charge on any atom is 0.261 e. The second kappa shape index (κ2) is 8.49. The molecule has 1 aromatic heterocycles. The van der Waals surface area contributed by atoms with Gasteiger partial charge in [-0.25, -0.2) is 0 Å². The summed E-state index contributed by atoms with van der Waals surface area (Å²) in [6, 6.07) is 1.71. The number of aryl methyl sites for hydroxylation is 2. The van der Waals surface area contributed by atoms with E-state index in [9.17, 15) is 14.4 Å². The number of hydrogen-bond donors (Lipinski definition) is 3. The number of hydrogen-bond acceptors (Lipinski definition) is 4. The molecule has 1 aliphatic carbocycles. The number of pyridine rings is 1. The number of piperidine rings is 1. The molecule has 2 aliphatic rings. The first-order valence-corrected chi connectivity index (χ1v) is 9.63. The average molecular weight is 360 g/mol. The Morgan fingerprint density at radius 2 is 2.04 bits per heavy atom. The van der Waals surface area contributed by atoms with Crippen LogP contribution in [0.3, 0.4) is 0 Å². The zero-order valence-electron chi connectivity index (χ0n) is 15.2. The van der Waals surface area contributed by atoms with E-state index in [1.807, 2.05) is 0 Å². The SMILES string of the molecule is NCCC(=O)NCC1CCCCN1C(=O)c1cc2c([nH]c1=O)CCCC2. The Morgan fingerprint density at radius 3 is 2.85 bits per heavy atom. The minimum absolute atomic E-state index is 0.0755. The monoisotopic (exact) mass is 360 g/mol. The Bertz CT molecular complexity index is 728. The topological polar surface area (TPSA) is 108 Å². The van der Waals surface area contributed by atoms with Crippen molar-refractivity contribution in [2.45, 2.75) is 57.4 Å². The van der Waals surface area contributed by atoms with Crippen LogP contribution in [0, 0.1) is 0 Å². The fourth-order valence-corrected chi connectivity index (χ4v) is 3.92. The van der Waals surface area contributed by atoms with Crippen LogP contribution in [0.2, 0.25) is 0 Å². The third-order valence-electron chi connectivity index (χ3n) is 5.36. The highest BCUT2D eigenvalue weighted by molar-refractivity contribution is 5.94. The molecule has 7 heteroatoms. The van der Waals surface area contributed by atoms with Crippen LogP contribution in [0.5, 0.6) is 0 Å². The fourth-order valence-electron chi connectivity index (χ4n) is 3.92. The van der Waals surface area contributed by atoms with Crippen molar-refractivity contribution in [3.05, 3.63) is 33.2 Å². The summed E-state index contributed by atoms with van der Waals surface area (Å²) in [5, 5.41) is 2.86. The number of fused-ring (bicyclic) bond motifs is 1. The van der Waals surface area contributed by atoms with Gasteiger partial charge in [0, 0.05) is 37.8 Å². The molecule has 26 heavy (non-hydrogen) atoms. The molecule has 0 spiro atoms. The first kappa shape index (κ1) is 18.6. The van der Waals surface area contributed by atoms with E-state index in [-0.39, 0.29) is 35.4 Å². The number of H-pyrrole nitrogens is 1. The average Bonchev–Trinajstić information content (AvgIpc) is 2.66. The smallest absolute Gasteiger partial charge is 0.261 e. The number of nitrogens with two attached hydrogens (primary N) is 1. The molecular formula is C19H28N4O3. The van der Waals surface area contributed by atoms with E-state index in [1.165, 1.54) is 0 Å². The molecule has 0 radical (unpaired) electrons. The van der Waals surface area contributed by atoms with Crippen molar-refractivity contribution in [1.82, 2.24) is 15.2 Å². The van der Waals surface area contributed by atoms with E-state index in [0.717, 1.165) is 56.2 Å². The molecule has 2 amide bonds. The van der Waals surface area contributed by atoms with E-state index >= 15 is 0 Å². The van der Waals surface area contributed by atoms with Crippen molar-refractivity contribution in [3.63, 3.8) is 0 Å². The molecule has 0 aromatic carbocycles. The lowest BCUT2D eigenvalue weighted by atomic mass is 9.94. The van der Waals surface area contributed by atoms with Crippen LogP contribution in [0.4, 0.5) is 0 Å². The number of amides is 2. The van der Waals surface area contributed by atoms with Gasteiger partial charge < -0.3 is 20.9 Å². The minimum atomic E-state index is -0.299. The van der Waals surface area contributed by atoms with Crippen LogP contribution in [-0.2, 0) is 17.6 Å². The van der Waals surface area contributed by atoms with Crippen molar-refractivity contribution < 1.29 is 9.59 Å².